The Hall–Kier alpha value is -0.200. The van der Waals surface area contributed by atoms with Gasteiger partial charge in [-0.2, -0.15) is 8.42 Å². The first-order valence-electron chi connectivity index (χ1n) is 2.69. The van der Waals surface area contributed by atoms with Crippen molar-refractivity contribution in [3.05, 3.63) is 0 Å². The highest BCUT2D eigenvalue weighted by atomic mass is 32.2. The van der Waals surface area contributed by atoms with E-state index in [9.17, 15) is 12.8 Å². The Labute approximate surface area is 58.4 Å². The molecule has 0 aliphatic rings. The third-order valence-electron chi connectivity index (χ3n) is 0.845. The van der Waals surface area contributed by atoms with Gasteiger partial charge in [-0.05, 0) is 6.42 Å². The van der Waals surface area contributed by atoms with Crippen LogP contribution in [0.1, 0.15) is 12.8 Å². The number of hydrogen-bond donors (Lipinski definition) is 2. The standard InChI is InChI=1S/C4H9FO4S/c5-4(6)2-1-3-10(7,8)9/h4,6H,1-3H2,(H,7,8,9). The van der Waals surface area contributed by atoms with Crippen molar-refractivity contribution in [2.45, 2.75) is 19.2 Å². The van der Waals surface area contributed by atoms with Crippen LogP contribution in [-0.2, 0) is 10.1 Å². The minimum absolute atomic E-state index is 0.0729. The molecule has 0 aromatic heterocycles. The zero-order valence-electron chi connectivity index (χ0n) is 5.20. The molecule has 1 unspecified atom stereocenters. The first kappa shape index (κ1) is 9.80. The van der Waals surface area contributed by atoms with E-state index < -0.39 is 22.2 Å². The molecule has 0 amide bonds. The summed E-state index contributed by atoms with van der Waals surface area (Å²) < 4.78 is 39.6. The molecule has 0 aromatic carbocycles. The molecular formula is C4H9FO4S. The van der Waals surface area contributed by atoms with Crippen LogP contribution in [0.25, 0.3) is 0 Å². The summed E-state index contributed by atoms with van der Waals surface area (Å²) in [4.78, 5) is 0. The van der Waals surface area contributed by atoms with Crippen LogP contribution in [-0.4, -0.2) is 30.2 Å². The Kier molecular flexibility index (Phi) is 3.77. The van der Waals surface area contributed by atoms with Gasteiger partial charge in [-0.15, -0.1) is 0 Å². The summed E-state index contributed by atoms with van der Waals surface area (Å²) in [5.74, 6) is -0.506. The van der Waals surface area contributed by atoms with Crippen LogP contribution in [0.2, 0.25) is 0 Å². The summed E-state index contributed by atoms with van der Waals surface area (Å²) in [6.45, 7) is 0. The second kappa shape index (κ2) is 3.85. The average Bonchev–Trinajstić information content (AvgIpc) is 1.59. The number of halogens is 1. The maximum atomic E-state index is 11.6. The average molecular weight is 172 g/mol. The molecule has 0 saturated carbocycles. The van der Waals surface area contributed by atoms with Gasteiger partial charge in [0, 0.05) is 6.42 Å². The Balaban J connectivity index is 3.39. The van der Waals surface area contributed by atoms with Gasteiger partial charge in [-0.3, -0.25) is 4.55 Å². The minimum atomic E-state index is -4.00. The maximum Gasteiger partial charge on any atom is 0.264 e. The summed E-state index contributed by atoms with van der Waals surface area (Å²) in [6, 6.07) is 0. The van der Waals surface area contributed by atoms with Gasteiger partial charge in [-0.1, -0.05) is 0 Å². The van der Waals surface area contributed by atoms with Crippen molar-refractivity contribution >= 4 is 10.1 Å². The van der Waals surface area contributed by atoms with Crippen molar-refractivity contribution in [1.82, 2.24) is 0 Å². The van der Waals surface area contributed by atoms with Gasteiger partial charge >= 0.3 is 0 Å². The lowest BCUT2D eigenvalue weighted by Crippen LogP contribution is -2.06. The van der Waals surface area contributed by atoms with Gasteiger partial charge in [-0.25, -0.2) is 4.39 Å². The molecule has 10 heavy (non-hydrogen) atoms. The van der Waals surface area contributed by atoms with Gasteiger partial charge in [0.25, 0.3) is 10.1 Å². The van der Waals surface area contributed by atoms with Crippen molar-refractivity contribution in [1.29, 1.82) is 0 Å². The van der Waals surface area contributed by atoms with E-state index in [1.165, 1.54) is 0 Å². The molecule has 0 aromatic rings. The Morgan fingerprint density at radius 2 is 2.00 bits per heavy atom. The van der Waals surface area contributed by atoms with E-state index >= 15 is 0 Å². The molecule has 6 heteroatoms. The Morgan fingerprint density at radius 1 is 1.50 bits per heavy atom. The van der Waals surface area contributed by atoms with E-state index in [-0.39, 0.29) is 12.8 Å². The van der Waals surface area contributed by atoms with E-state index in [4.69, 9.17) is 9.66 Å². The number of aliphatic hydroxyl groups is 1. The van der Waals surface area contributed by atoms with Crippen LogP contribution in [0.5, 0.6) is 0 Å². The fraction of sp³-hybridized carbons (Fsp3) is 1.00. The lowest BCUT2D eigenvalue weighted by Gasteiger charge is -1.97. The van der Waals surface area contributed by atoms with E-state index in [0.717, 1.165) is 0 Å². The van der Waals surface area contributed by atoms with Gasteiger partial charge in [0.2, 0.25) is 0 Å². The van der Waals surface area contributed by atoms with Gasteiger partial charge in [0.15, 0.2) is 6.36 Å². The third kappa shape index (κ3) is 7.80. The second-order valence-electron chi connectivity index (χ2n) is 1.86. The molecule has 0 saturated heterocycles. The first-order chi connectivity index (χ1) is 4.42. The largest absolute Gasteiger partial charge is 0.364 e. The molecule has 62 valence electrons. The maximum absolute atomic E-state index is 11.6. The molecule has 2 N–H and O–H groups in total. The van der Waals surface area contributed by atoms with Gasteiger partial charge in [0.05, 0.1) is 5.75 Å². The van der Waals surface area contributed by atoms with Crippen molar-refractivity contribution in [2.24, 2.45) is 0 Å². The molecule has 0 aliphatic heterocycles. The number of rotatable bonds is 4. The summed E-state index contributed by atoms with van der Waals surface area (Å²) in [5, 5.41) is 8.01. The number of alkyl halides is 1. The highest BCUT2D eigenvalue weighted by Gasteiger charge is 2.06. The van der Waals surface area contributed by atoms with E-state index in [1.54, 1.807) is 0 Å². The van der Waals surface area contributed by atoms with Crippen molar-refractivity contribution in [3.63, 3.8) is 0 Å². The third-order valence-corrected chi connectivity index (χ3v) is 1.65. The highest BCUT2D eigenvalue weighted by Crippen LogP contribution is 1.99. The van der Waals surface area contributed by atoms with Crippen molar-refractivity contribution < 1.29 is 22.5 Å². The van der Waals surface area contributed by atoms with E-state index in [0.29, 0.717) is 0 Å². The topological polar surface area (TPSA) is 74.6 Å². The summed E-state index contributed by atoms with van der Waals surface area (Å²) in [7, 11) is -4.00. The van der Waals surface area contributed by atoms with E-state index in [2.05, 4.69) is 0 Å². The van der Waals surface area contributed by atoms with Crippen LogP contribution >= 0.6 is 0 Å². The number of hydrogen-bond acceptors (Lipinski definition) is 3. The lowest BCUT2D eigenvalue weighted by atomic mass is 10.3. The van der Waals surface area contributed by atoms with E-state index in [1.807, 2.05) is 0 Å². The SMILES string of the molecule is O=S(=O)(O)CCCC(O)F. The fourth-order valence-electron chi connectivity index (χ4n) is 0.434. The summed E-state index contributed by atoms with van der Waals surface area (Å²) in [5.41, 5.74) is 0. The zero-order chi connectivity index (χ0) is 8.20. The van der Waals surface area contributed by atoms with Crippen LogP contribution in [0, 0.1) is 0 Å². The minimum Gasteiger partial charge on any atom is -0.364 e. The second-order valence-corrected chi connectivity index (χ2v) is 3.43. The molecule has 0 heterocycles. The highest BCUT2D eigenvalue weighted by molar-refractivity contribution is 7.85. The Bertz CT molecular complexity index is 174. The zero-order valence-corrected chi connectivity index (χ0v) is 6.01. The predicted molar refractivity (Wildman–Crippen MR) is 32.8 cm³/mol. The summed E-state index contributed by atoms with van der Waals surface area (Å²) in [6.07, 6.45) is -2.34. The normalized spacial score (nSPS) is 15.1. The lowest BCUT2D eigenvalue weighted by molar-refractivity contribution is 0.0342. The fourth-order valence-corrected chi connectivity index (χ4v) is 0.966. The van der Waals surface area contributed by atoms with Gasteiger partial charge in [0.1, 0.15) is 0 Å². The van der Waals surface area contributed by atoms with Crippen molar-refractivity contribution in [2.75, 3.05) is 5.75 Å². The molecule has 1 atom stereocenters. The molecule has 0 spiro atoms. The van der Waals surface area contributed by atoms with Crippen LogP contribution < -0.4 is 0 Å². The molecule has 0 aliphatic carbocycles. The Morgan fingerprint density at radius 3 is 2.30 bits per heavy atom. The quantitative estimate of drug-likeness (QED) is 0.583. The number of aliphatic hydroxyl groups excluding tert-OH is 1. The molecule has 0 radical (unpaired) electrons. The van der Waals surface area contributed by atoms with Crippen LogP contribution in [0.3, 0.4) is 0 Å². The molecule has 0 rings (SSSR count). The van der Waals surface area contributed by atoms with Gasteiger partial charge < -0.3 is 5.11 Å². The van der Waals surface area contributed by atoms with Crippen LogP contribution in [0.15, 0.2) is 0 Å². The first-order valence-corrected chi connectivity index (χ1v) is 4.30. The molecule has 0 fully saturated rings. The molecular weight excluding hydrogens is 163 g/mol. The smallest absolute Gasteiger partial charge is 0.264 e. The van der Waals surface area contributed by atoms with Crippen molar-refractivity contribution in [3.8, 4) is 0 Å². The summed E-state index contributed by atoms with van der Waals surface area (Å²) >= 11 is 0. The molecule has 4 nitrogen and oxygen atoms in total. The van der Waals surface area contributed by atoms with Crippen LogP contribution in [0.4, 0.5) is 4.39 Å². The monoisotopic (exact) mass is 172 g/mol. The predicted octanol–water partition coefficient (Wildman–Crippen LogP) is -0.0577. The molecule has 0 bridgehead atoms.